The summed E-state index contributed by atoms with van der Waals surface area (Å²) in [5, 5.41) is -0.106. The van der Waals surface area contributed by atoms with Gasteiger partial charge in [-0.05, 0) is 34.1 Å². The molecule has 0 spiro atoms. The van der Waals surface area contributed by atoms with Crippen LogP contribution in [0.2, 0.25) is 5.02 Å². The van der Waals surface area contributed by atoms with Gasteiger partial charge in [0.1, 0.15) is 23.2 Å². The molecule has 2 rings (SSSR count). The summed E-state index contributed by atoms with van der Waals surface area (Å²) in [6.07, 6.45) is 0. The fraction of sp³-hybridized carbons (Fsp3) is 0.0714. The minimum Gasteiger partial charge on any atom is -0.484 e. The Morgan fingerprint density at radius 3 is 2.52 bits per heavy atom. The van der Waals surface area contributed by atoms with Crippen LogP contribution in [-0.2, 0) is 0 Å². The number of ether oxygens (including phenoxy) is 1. The highest BCUT2D eigenvalue weighted by Crippen LogP contribution is 2.30. The van der Waals surface area contributed by atoms with Crippen LogP contribution in [0, 0.1) is 17.5 Å². The van der Waals surface area contributed by atoms with Crippen molar-refractivity contribution in [1.82, 2.24) is 0 Å². The first kappa shape index (κ1) is 15.9. The monoisotopic (exact) mass is 378 g/mol. The van der Waals surface area contributed by atoms with Crippen molar-refractivity contribution in [3.63, 3.8) is 0 Å². The van der Waals surface area contributed by atoms with Crippen LogP contribution >= 0.6 is 27.5 Å². The van der Waals surface area contributed by atoms with Gasteiger partial charge in [-0.25, -0.2) is 13.2 Å². The van der Waals surface area contributed by atoms with E-state index in [1.165, 1.54) is 6.07 Å². The highest BCUT2D eigenvalue weighted by atomic mass is 79.9. The molecule has 0 aliphatic heterocycles. The summed E-state index contributed by atoms with van der Waals surface area (Å²) in [7, 11) is 0. The molecule has 2 aromatic carbocycles. The van der Waals surface area contributed by atoms with E-state index in [1.807, 2.05) is 0 Å². The molecule has 0 saturated carbocycles. The third-order valence-electron chi connectivity index (χ3n) is 2.57. The predicted molar refractivity (Wildman–Crippen MR) is 75.3 cm³/mol. The largest absolute Gasteiger partial charge is 0.484 e. The van der Waals surface area contributed by atoms with E-state index in [-0.39, 0.29) is 16.3 Å². The lowest BCUT2D eigenvalue weighted by Gasteiger charge is -2.09. The van der Waals surface area contributed by atoms with Crippen LogP contribution in [0.5, 0.6) is 5.75 Å². The Hall–Kier alpha value is -1.53. The first-order chi connectivity index (χ1) is 9.88. The quantitative estimate of drug-likeness (QED) is 0.564. The van der Waals surface area contributed by atoms with Gasteiger partial charge in [0.25, 0.3) is 0 Å². The number of benzene rings is 2. The molecule has 2 aromatic rings. The average Bonchev–Trinajstić information content (AvgIpc) is 2.41. The van der Waals surface area contributed by atoms with Gasteiger partial charge in [-0.2, -0.15) is 0 Å². The van der Waals surface area contributed by atoms with Crippen molar-refractivity contribution < 1.29 is 22.7 Å². The SMILES string of the molecule is O=C(COc1cc(F)c(Cl)cc1Br)c1ccc(F)cc1F. The van der Waals surface area contributed by atoms with Crippen molar-refractivity contribution in [2.75, 3.05) is 6.61 Å². The molecule has 2 nitrogen and oxygen atoms in total. The molecule has 0 bridgehead atoms. The van der Waals surface area contributed by atoms with E-state index >= 15 is 0 Å². The maximum atomic E-state index is 13.4. The molecule has 0 saturated heterocycles. The van der Waals surface area contributed by atoms with Crippen LogP contribution in [0.1, 0.15) is 10.4 Å². The number of rotatable bonds is 4. The maximum absolute atomic E-state index is 13.4. The minimum absolute atomic E-state index is 0.0489. The topological polar surface area (TPSA) is 26.3 Å². The molecule has 0 aromatic heterocycles. The zero-order valence-electron chi connectivity index (χ0n) is 10.3. The predicted octanol–water partition coefficient (Wildman–Crippen LogP) is 4.78. The maximum Gasteiger partial charge on any atom is 0.203 e. The third-order valence-corrected chi connectivity index (χ3v) is 3.47. The number of hydrogen-bond acceptors (Lipinski definition) is 2. The van der Waals surface area contributed by atoms with Crippen LogP contribution < -0.4 is 4.74 Å². The van der Waals surface area contributed by atoms with Gasteiger partial charge in [-0.3, -0.25) is 4.79 Å². The standard InChI is InChI=1S/C14H7BrClF3O2/c15-9-4-10(16)12(19)5-14(9)21-6-13(20)8-2-1-7(17)3-11(8)18/h1-5H,6H2. The van der Waals surface area contributed by atoms with Crippen LogP contribution in [0.25, 0.3) is 0 Å². The second kappa shape index (κ2) is 6.49. The molecule has 0 N–H and O–H groups in total. The van der Waals surface area contributed by atoms with Gasteiger partial charge in [0, 0.05) is 12.1 Å². The van der Waals surface area contributed by atoms with Gasteiger partial charge in [-0.15, -0.1) is 0 Å². The lowest BCUT2D eigenvalue weighted by molar-refractivity contribution is 0.0916. The smallest absolute Gasteiger partial charge is 0.203 e. The number of ketones is 1. The Bertz CT molecular complexity index is 707. The molecule has 0 unspecified atom stereocenters. The van der Waals surface area contributed by atoms with Gasteiger partial charge in [0.2, 0.25) is 5.78 Å². The minimum atomic E-state index is -0.982. The van der Waals surface area contributed by atoms with Gasteiger partial charge >= 0.3 is 0 Å². The molecule has 0 heterocycles. The van der Waals surface area contributed by atoms with E-state index in [9.17, 15) is 18.0 Å². The highest BCUT2D eigenvalue weighted by Gasteiger charge is 2.15. The van der Waals surface area contributed by atoms with Crippen LogP contribution in [-0.4, -0.2) is 12.4 Å². The van der Waals surface area contributed by atoms with E-state index in [0.29, 0.717) is 10.5 Å². The summed E-state index contributed by atoms with van der Waals surface area (Å²) in [5.41, 5.74) is -0.304. The van der Waals surface area contributed by atoms with E-state index < -0.39 is 29.8 Å². The van der Waals surface area contributed by atoms with E-state index in [2.05, 4.69) is 15.9 Å². The molecule has 110 valence electrons. The third kappa shape index (κ3) is 3.77. The van der Waals surface area contributed by atoms with Gasteiger partial charge in [0.05, 0.1) is 15.1 Å². The second-order valence-electron chi connectivity index (χ2n) is 4.03. The molecule has 0 amide bonds. The van der Waals surface area contributed by atoms with E-state index in [4.69, 9.17) is 16.3 Å². The number of halogens is 5. The number of carbonyl (C=O) groups is 1. The Kier molecular flexibility index (Phi) is 4.90. The first-order valence-electron chi connectivity index (χ1n) is 5.64. The van der Waals surface area contributed by atoms with Crippen LogP contribution in [0.3, 0.4) is 0 Å². The zero-order valence-corrected chi connectivity index (χ0v) is 12.6. The molecule has 0 aliphatic rings. The van der Waals surface area contributed by atoms with Crippen molar-refractivity contribution in [2.24, 2.45) is 0 Å². The Morgan fingerprint density at radius 2 is 1.86 bits per heavy atom. The lowest BCUT2D eigenvalue weighted by atomic mass is 10.1. The van der Waals surface area contributed by atoms with Gasteiger partial charge in [0.15, 0.2) is 6.61 Å². The van der Waals surface area contributed by atoms with Gasteiger partial charge in [-0.1, -0.05) is 11.6 Å². The van der Waals surface area contributed by atoms with Crippen molar-refractivity contribution in [3.05, 3.63) is 62.8 Å². The fourth-order valence-electron chi connectivity index (χ4n) is 1.55. The van der Waals surface area contributed by atoms with Crippen LogP contribution in [0.4, 0.5) is 13.2 Å². The summed E-state index contributed by atoms with van der Waals surface area (Å²) >= 11 is 8.67. The molecule has 0 atom stereocenters. The number of carbonyl (C=O) groups excluding carboxylic acids is 1. The summed E-state index contributed by atoms with van der Waals surface area (Å²) in [6, 6.07) is 4.86. The molecule has 21 heavy (non-hydrogen) atoms. The molecule has 0 fully saturated rings. The first-order valence-corrected chi connectivity index (χ1v) is 6.81. The van der Waals surface area contributed by atoms with Crippen molar-refractivity contribution in [3.8, 4) is 5.75 Å². The average molecular weight is 380 g/mol. The Labute approximate surface area is 131 Å². The zero-order chi connectivity index (χ0) is 15.6. The van der Waals surface area contributed by atoms with E-state index in [1.54, 1.807) is 0 Å². The molecular formula is C14H7BrClF3O2. The highest BCUT2D eigenvalue weighted by molar-refractivity contribution is 9.10. The Morgan fingerprint density at radius 1 is 1.14 bits per heavy atom. The lowest BCUT2D eigenvalue weighted by Crippen LogP contribution is -2.13. The summed E-state index contributed by atoms with van der Waals surface area (Å²) < 4.78 is 44.9. The van der Waals surface area contributed by atoms with Gasteiger partial charge < -0.3 is 4.74 Å². The molecule has 0 aliphatic carbocycles. The number of Topliss-reactive ketones (excluding diaryl/α,β-unsaturated/α-hetero) is 1. The summed E-state index contributed by atoms with van der Waals surface area (Å²) in [6.45, 7) is -0.526. The van der Waals surface area contributed by atoms with Crippen molar-refractivity contribution in [1.29, 1.82) is 0 Å². The van der Waals surface area contributed by atoms with Crippen molar-refractivity contribution >= 4 is 33.3 Å². The van der Waals surface area contributed by atoms with E-state index in [0.717, 1.165) is 18.2 Å². The molecular weight excluding hydrogens is 373 g/mol. The molecule has 7 heteroatoms. The number of hydrogen-bond donors (Lipinski definition) is 0. The fourth-order valence-corrected chi connectivity index (χ4v) is 2.30. The van der Waals surface area contributed by atoms with Crippen molar-refractivity contribution in [2.45, 2.75) is 0 Å². The summed E-state index contributed by atoms with van der Waals surface area (Å²) in [5.74, 6) is -3.13. The summed E-state index contributed by atoms with van der Waals surface area (Å²) in [4.78, 5) is 11.8. The normalized spacial score (nSPS) is 10.5. The Balaban J connectivity index is 2.13. The molecule has 0 radical (unpaired) electrons. The second-order valence-corrected chi connectivity index (χ2v) is 5.29. The van der Waals surface area contributed by atoms with Crippen LogP contribution in [0.15, 0.2) is 34.8 Å².